The molecular formula is C19H23F3N4O3S. The van der Waals surface area contributed by atoms with Crippen LogP contribution in [0.2, 0.25) is 0 Å². The molecule has 1 amide bonds. The van der Waals surface area contributed by atoms with Crippen molar-refractivity contribution in [2.45, 2.75) is 30.4 Å². The summed E-state index contributed by atoms with van der Waals surface area (Å²) in [6.45, 7) is 4.47. The fourth-order valence-electron chi connectivity index (χ4n) is 2.90. The summed E-state index contributed by atoms with van der Waals surface area (Å²) in [7, 11) is 1.69. The quantitative estimate of drug-likeness (QED) is 0.476. The van der Waals surface area contributed by atoms with E-state index >= 15 is 0 Å². The molecule has 1 aliphatic heterocycles. The molecule has 2 aromatic heterocycles. The molecule has 3 rings (SSSR count). The van der Waals surface area contributed by atoms with Gasteiger partial charge >= 0.3 is 6.18 Å². The molecule has 0 aromatic carbocycles. The number of morpholine rings is 1. The summed E-state index contributed by atoms with van der Waals surface area (Å²) in [4.78, 5) is 23.6. The molecule has 0 unspecified atom stereocenters. The summed E-state index contributed by atoms with van der Waals surface area (Å²) in [5.74, 6) is 0.841. The Bertz CT molecular complexity index is 869. The zero-order chi connectivity index (χ0) is 21.7. The van der Waals surface area contributed by atoms with Gasteiger partial charge in [-0.15, -0.1) is 0 Å². The Morgan fingerprint density at radius 1 is 1.27 bits per heavy atom. The second kappa shape index (κ2) is 9.69. The maximum absolute atomic E-state index is 13.2. The largest absolute Gasteiger partial charge is 0.455 e. The highest BCUT2D eigenvalue weighted by molar-refractivity contribution is 7.98. The number of furan rings is 1. The van der Waals surface area contributed by atoms with Crippen LogP contribution in [0.4, 0.5) is 19.0 Å². The fraction of sp³-hybridized carbons (Fsp3) is 0.526. The van der Waals surface area contributed by atoms with Gasteiger partial charge in [-0.05, 0) is 18.6 Å². The number of anilines is 1. The molecule has 0 spiro atoms. The van der Waals surface area contributed by atoms with E-state index in [-0.39, 0.29) is 28.4 Å². The SMILES string of the molecule is CCCN(C)c1cc(C(F)(F)F)nc(SCc2ccc(C(=O)N3CCOCC3)o2)n1. The summed E-state index contributed by atoms with van der Waals surface area (Å²) >= 11 is 1.03. The number of nitrogens with zero attached hydrogens (tertiary/aromatic N) is 4. The van der Waals surface area contributed by atoms with Crippen LogP contribution in [0.15, 0.2) is 27.8 Å². The molecule has 7 nitrogen and oxygen atoms in total. The van der Waals surface area contributed by atoms with E-state index in [0.717, 1.165) is 24.2 Å². The monoisotopic (exact) mass is 444 g/mol. The van der Waals surface area contributed by atoms with E-state index in [1.807, 2.05) is 6.92 Å². The lowest BCUT2D eigenvalue weighted by molar-refractivity contribution is -0.141. The Morgan fingerprint density at radius 3 is 2.67 bits per heavy atom. The smallest absolute Gasteiger partial charge is 0.433 e. The zero-order valence-electron chi connectivity index (χ0n) is 16.7. The van der Waals surface area contributed by atoms with Crippen molar-refractivity contribution in [1.29, 1.82) is 0 Å². The number of ether oxygens (including phenoxy) is 1. The molecule has 1 fully saturated rings. The number of aromatic nitrogens is 2. The van der Waals surface area contributed by atoms with E-state index in [2.05, 4.69) is 9.97 Å². The van der Waals surface area contributed by atoms with E-state index in [4.69, 9.17) is 9.15 Å². The van der Waals surface area contributed by atoms with Crippen LogP contribution in [-0.4, -0.2) is 60.7 Å². The van der Waals surface area contributed by atoms with E-state index in [1.54, 1.807) is 29.0 Å². The number of halogens is 3. The van der Waals surface area contributed by atoms with Crippen LogP contribution in [0.25, 0.3) is 0 Å². The first-order valence-electron chi connectivity index (χ1n) is 9.54. The average Bonchev–Trinajstić information content (AvgIpc) is 3.21. The molecule has 3 heterocycles. The molecule has 0 aliphatic carbocycles. The predicted octanol–water partition coefficient (Wildman–Crippen LogP) is 3.70. The standard InChI is InChI=1S/C19H23F3N4O3S/c1-3-6-25(2)16-11-15(19(20,21)22)23-18(24-16)30-12-13-4-5-14(29-13)17(27)26-7-9-28-10-8-26/h4-5,11H,3,6-10,12H2,1-2H3. The summed E-state index contributed by atoms with van der Waals surface area (Å²) in [6, 6.07) is 4.16. The van der Waals surface area contributed by atoms with Gasteiger partial charge in [0.2, 0.25) is 0 Å². The maximum Gasteiger partial charge on any atom is 0.433 e. The lowest BCUT2D eigenvalue weighted by atomic mass is 10.3. The predicted molar refractivity (Wildman–Crippen MR) is 106 cm³/mol. The third-order valence-electron chi connectivity index (χ3n) is 4.45. The number of amides is 1. The molecule has 11 heteroatoms. The molecule has 1 saturated heterocycles. The van der Waals surface area contributed by atoms with Gasteiger partial charge in [0, 0.05) is 32.7 Å². The Labute approximate surface area is 176 Å². The highest BCUT2D eigenvalue weighted by atomic mass is 32.2. The van der Waals surface area contributed by atoms with Gasteiger partial charge in [-0.25, -0.2) is 9.97 Å². The fourth-order valence-corrected chi connectivity index (χ4v) is 3.64. The minimum Gasteiger partial charge on any atom is -0.455 e. The highest BCUT2D eigenvalue weighted by Crippen LogP contribution is 2.32. The van der Waals surface area contributed by atoms with Gasteiger partial charge in [-0.3, -0.25) is 4.79 Å². The number of thioether (sulfide) groups is 1. The molecular weight excluding hydrogens is 421 g/mol. The van der Waals surface area contributed by atoms with Crippen molar-refractivity contribution in [2.24, 2.45) is 0 Å². The van der Waals surface area contributed by atoms with Crippen molar-refractivity contribution in [3.8, 4) is 0 Å². The first-order valence-corrected chi connectivity index (χ1v) is 10.5. The van der Waals surface area contributed by atoms with Crippen LogP contribution in [0.3, 0.4) is 0 Å². The summed E-state index contributed by atoms with van der Waals surface area (Å²) < 4.78 is 50.5. The van der Waals surface area contributed by atoms with Gasteiger partial charge in [0.1, 0.15) is 11.6 Å². The molecule has 0 N–H and O–H groups in total. The van der Waals surface area contributed by atoms with Gasteiger partial charge < -0.3 is 19.0 Å². The topological polar surface area (TPSA) is 71.7 Å². The van der Waals surface area contributed by atoms with Crippen LogP contribution in [0, 0.1) is 0 Å². The van der Waals surface area contributed by atoms with Crippen molar-refractivity contribution in [3.05, 3.63) is 35.4 Å². The van der Waals surface area contributed by atoms with E-state index in [9.17, 15) is 18.0 Å². The van der Waals surface area contributed by atoms with Crippen molar-refractivity contribution in [2.75, 3.05) is 44.8 Å². The van der Waals surface area contributed by atoms with Gasteiger partial charge in [-0.1, -0.05) is 18.7 Å². The molecule has 0 radical (unpaired) electrons. The molecule has 2 aromatic rings. The molecule has 0 bridgehead atoms. The maximum atomic E-state index is 13.2. The van der Waals surface area contributed by atoms with E-state index in [0.29, 0.717) is 38.6 Å². The minimum absolute atomic E-state index is 0.000217. The van der Waals surface area contributed by atoms with Crippen LogP contribution in [-0.2, 0) is 16.7 Å². The van der Waals surface area contributed by atoms with Crippen LogP contribution in [0.1, 0.15) is 35.4 Å². The number of carbonyl (C=O) groups excluding carboxylic acids is 1. The van der Waals surface area contributed by atoms with Crippen LogP contribution >= 0.6 is 11.8 Å². The van der Waals surface area contributed by atoms with Crippen LogP contribution < -0.4 is 4.90 Å². The first kappa shape index (κ1) is 22.4. The lowest BCUT2D eigenvalue weighted by Gasteiger charge is -2.25. The number of carbonyl (C=O) groups is 1. The number of hydrogen-bond donors (Lipinski definition) is 0. The van der Waals surface area contributed by atoms with Crippen molar-refractivity contribution < 1.29 is 27.1 Å². The minimum atomic E-state index is -4.57. The van der Waals surface area contributed by atoms with Crippen molar-refractivity contribution in [3.63, 3.8) is 0 Å². The Hall–Kier alpha value is -2.27. The van der Waals surface area contributed by atoms with Crippen molar-refractivity contribution in [1.82, 2.24) is 14.9 Å². The van der Waals surface area contributed by atoms with Gasteiger partial charge in [0.05, 0.1) is 19.0 Å². The Kier molecular flexibility index (Phi) is 7.24. The third kappa shape index (κ3) is 5.66. The van der Waals surface area contributed by atoms with E-state index < -0.39 is 11.9 Å². The van der Waals surface area contributed by atoms with Crippen molar-refractivity contribution >= 4 is 23.5 Å². The number of rotatable bonds is 7. The second-order valence-electron chi connectivity index (χ2n) is 6.77. The lowest BCUT2D eigenvalue weighted by Crippen LogP contribution is -2.40. The second-order valence-corrected chi connectivity index (χ2v) is 7.71. The summed E-state index contributed by atoms with van der Waals surface area (Å²) in [5, 5.41) is 0.000217. The van der Waals surface area contributed by atoms with Crippen LogP contribution in [0.5, 0.6) is 0 Å². The Morgan fingerprint density at radius 2 is 2.00 bits per heavy atom. The average molecular weight is 444 g/mol. The summed E-state index contributed by atoms with van der Waals surface area (Å²) in [6.07, 6.45) is -3.79. The van der Waals surface area contributed by atoms with Gasteiger partial charge in [0.15, 0.2) is 16.6 Å². The Balaban J connectivity index is 1.71. The molecule has 164 valence electrons. The first-order chi connectivity index (χ1) is 14.3. The highest BCUT2D eigenvalue weighted by Gasteiger charge is 2.34. The van der Waals surface area contributed by atoms with Gasteiger partial charge in [0.25, 0.3) is 5.91 Å². The third-order valence-corrected chi connectivity index (χ3v) is 5.32. The normalized spacial score (nSPS) is 14.8. The number of alkyl halides is 3. The molecule has 0 saturated carbocycles. The zero-order valence-corrected chi connectivity index (χ0v) is 17.6. The number of hydrogen-bond acceptors (Lipinski definition) is 7. The molecule has 1 aliphatic rings. The molecule has 30 heavy (non-hydrogen) atoms. The van der Waals surface area contributed by atoms with E-state index in [1.165, 1.54) is 0 Å². The summed E-state index contributed by atoms with van der Waals surface area (Å²) in [5.41, 5.74) is -0.986. The molecule has 0 atom stereocenters. The van der Waals surface area contributed by atoms with Gasteiger partial charge in [-0.2, -0.15) is 13.2 Å².